The Morgan fingerprint density at radius 1 is 1.29 bits per heavy atom. The van der Waals surface area contributed by atoms with E-state index in [4.69, 9.17) is 26.5 Å². The normalized spacial score (nSPS) is 24.0. The van der Waals surface area contributed by atoms with Crippen LogP contribution in [0.5, 0.6) is 5.75 Å². The van der Waals surface area contributed by atoms with Crippen molar-refractivity contribution in [2.45, 2.75) is 57.7 Å². The standard InChI is InChI=1S/C24H32ClNO4S/c1-16(30-20-8-6-19(25)7-9-20)14-29-23(5-2-10-26)24-21(27)12-18(13-22(24)28)17-4-3-11-31-15-17/h6-10,16-18,23,26-27H,2-5,11-15H2,1H3. The van der Waals surface area contributed by atoms with Crippen molar-refractivity contribution in [3.05, 3.63) is 40.6 Å². The van der Waals surface area contributed by atoms with E-state index >= 15 is 0 Å². The second-order valence-corrected chi connectivity index (χ2v) is 10.0. The minimum absolute atomic E-state index is 0.00873. The van der Waals surface area contributed by atoms with E-state index in [1.165, 1.54) is 18.4 Å². The van der Waals surface area contributed by atoms with Crippen molar-refractivity contribution in [1.82, 2.24) is 0 Å². The summed E-state index contributed by atoms with van der Waals surface area (Å²) in [7, 11) is 0. The number of hydrogen-bond acceptors (Lipinski definition) is 6. The molecule has 1 aliphatic heterocycles. The van der Waals surface area contributed by atoms with E-state index in [9.17, 15) is 9.90 Å². The highest BCUT2D eigenvalue weighted by Crippen LogP contribution is 2.39. The number of aliphatic hydroxyl groups is 1. The summed E-state index contributed by atoms with van der Waals surface area (Å²) in [5.74, 6) is 3.86. The molecule has 2 aliphatic rings. The monoisotopic (exact) mass is 465 g/mol. The van der Waals surface area contributed by atoms with Crippen molar-refractivity contribution in [2.24, 2.45) is 11.8 Å². The van der Waals surface area contributed by atoms with Gasteiger partial charge in [0.2, 0.25) is 0 Å². The maximum absolute atomic E-state index is 13.0. The van der Waals surface area contributed by atoms with Crippen molar-refractivity contribution in [2.75, 3.05) is 18.1 Å². The van der Waals surface area contributed by atoms with Crippen LogP contribution in [0.25, 0.3) is 0 Å². The molecule has 2 N–H and O–H groups in total. The Hall–Kier alpha value is -1.50. The Morgan fingerprint density at radius 2 is 2.06 bits per heavy atom. The molecule has 170 valence electrons. The lowest BCUT2D eigenvalue weighted by Gasteiger charge is -2.34. The van der Waals surface area contributed by atoms with Crippen molar-refractivity contribution in [3.8, 4) is 5.75 Å². The molecule has 1 aromatic carbocycles. The largest absolute Gasteiger partial charge is 0.512 e. The molecule has 1 fully saturated rings. The summed E-state index contributed by atoms with van der Waals surface area (Å²) in [6.45, 7) is 2.17. The maximum atomic E-state index is 13.0. The molecule has 0 saturated carbocycles. The lowest BCUT2D eigenvalue weighted by atomic mass is 9.76. The Labute approximate surface area is 194 Å². The van der Waals surface area contributed by atoms with Gasteiger partial charge in [0.05, 0.1) is 18.3 Å². The Morgan fingerprint density at radius 3 is 2.71 bits per heavy atom. The summed E-state index contributed by atoms with van der Waals surface area (Å²) >= 11 is 7.86. The van der Waals surface area contributed by atoms with Gasteiger partial charge in [-0.25, -0.2) is 0 Å². The number of rotatable bonds is 10. The van der Waals surface area contributed by atoms with Crippen LogP contribution in [-0.4, -0.2) is 47.4 Å². The molecule has 0 aromatic heterocycles. The summed E-state index contributed by atoms with van der Waals surface area (Å²) in [4.78, 5) is 13.0. The average molecular weight is 466 g/mol. The van der Waals surface area contributed by atoms with Gasteiger partial charge in [-0.15, -0.1) is 0 Å². The van der Waals surface area contributed by atoms with Crippen LogP contribution in [0.4, 0.5) is 0 Å². The number of allylic oxidation sites excluding steroid dienone is 1. The number of ether oxygens (including phenoxy) is 2. The van der Waals surface area contributed by atoms with Crippen LogP contribution >= 0.6 is 23.4 Å². The number of Topliss-reactive ketones (excluding diaryl/α,β-unsaturated/α-hetero) is 1. The van der Waals surface area contributed by atoms with Crippen molar-refractivity contribution in [3.63, 3.8) is 0 Å². The summed E-state index contributed by atoms with van der Waals surface area (Å²) < 4.78 is 11.9. The molecule has 1 aromatic rings. The fourth-order valence-electron chi connectivity index (χ4n) is 4.35. The summed E-state index contributed by atoms with van der Waals surface area (Å²) in [5, 5.41) is 18.8. The van der Waals surface area contributed by atoms with E-state index < -0.39 is 6.10 Å². The number of carbonyl (C=O) groups excluding carboxylic acids is 1. The molecule has 0 bridgehead atoms. The van der Waals surface area contributed by atoms with Gasteiger partial charge in [-0.1, -0.05) is 11.6 Å². The highest BCUT2D eigenvalue weighted by atomic mass is 35.5. The number of aliphatic hydroxyl groups excluding tert-OH is 1. The van der Waals surface area contributed by atoms with E-state index in [2.05, 4.69) is 0 Å². The van der Waals surface area contributed by atoms with Crippen molar-refractivity contribution in [1.29, 1.82) is 5.41 Å². The summed E-state index contributed by atoms with van der Waals surface area (Å²) in [6.07, 6.45) is 4.89. The quantitative estimate of drug-likeness (QED) is 0.423. The molecule has 3 rings (SSSR count). The van der Waals surface area contributed by atoms with Gasteiger partial charge in [0, 0.05) is 17.9 Å². The number of hydrogen-bond donors (Lipinski definition) is 2. The third-order valence-corrected chi connectivity index (χ3v) is 7.45. The van der Waals surface area contributed by atoms with Gasteiger partial charge >= 0.3 is 0 Å². The second-order valence-electron chi connectivity index (χ2n) is 8.41. The third kappa shape index (κ3) is 6.99. The van der Waals surface area contributed by atoms with Gasteiger partial charge in [-0.3, -0.25) is 4.79 Å². The SMILES string of the molecule is CC(COC(CCC=N)C1=C(O)CC(C2CCCSC2)CC1=O)Oc1ccc(Cl)cc1. The highest BCUT2D eigenvalue weighted by Gasteiger charge is 2.36. The number of carbonyl (C=O) groups is 1. The molecule has 1 aliphatic carbocycles. The van der Waals surface area contributed by atoms with Gasteiger partial charge < -0.3 is 20.0 Å². The molecular formula is C24H32ClNO4S. The molecular weight excluding hydrogens is 434 g/mol. The predicted octanol–water partition coefficient (Wildman–Crippen LogP) is 5.86. The van der Waals surface area contributed by atoms with Gasteiger partial charge in [-0.2, -0.15) is 11.8 Å². The van der Waals surface area contributed by atoms with Crippen LogP contribution in [0.2, 0.25) is 5.02 Å². The maximum Gasteiger partial charge on any atom is 0.165 e. The van der Waals surface area contributed by atoms with Crippen LogP contribution in [0.15, 0.2) is 35.6 Å². The Kier molecular flexibility index (Phi) is 9.30. The van der Waals surface area contributed by atoms with E-state index in [0.717, 1.165) is 12.2 Å². The minimum Gasteiger partial charge on any atom is -0.512 e. The number of halogens is 1. The molecule has 0 spiro atoms. The fourth-order valence-corrected chi connectivity index (χ4v) is 5.76. The third-order valence-electron chi connectivity index (χ3n) is 5.95. The van der Waals surface area contributed by atoms with E-state index in [1.807, 2.05) is 18.7 Å². The first kappa shape index (κ1) is 24.1. The number of benzene rings is 1. The zero-order valence-electron chi connectivity index (χ0n) is 18.0. The number of ketones is 1. The first-order valence-electron chi connectivity index (χ1n) is 11.0. The Balaban J connectivity index is 1.63. The second kappa shape index (κ2) is 11.9. The fraction of sp³-hybridized carbons (Fsp3) is 0.583. The van der Waals surface area contributed by atoms with E-state index in [1.54, 1.807) is 24.3 Å². The van der Waals surface area contributed by atoms with Gasteiger partial charge in [0.15, 0.2) is 5.78 Å². The minimum atomic E-state index is -0.521. The molecule has 5 nitrogen and oxygen atoms in total. The van der Waals surface area contributed by atoms with Gasteiger partial charge in [0.1, 0.15) is 17.6 Å². The molecule has 1 heterocycles. The van der Waals surface area contributed by atoms with E-state index in [0.29, 0.717) is 47.9 Å². The summed E-state index contributed by atoms with van der Waals surface area (Å²) in [6, 6.07) is 7.13. The van der Waals surface area contributed by atoms with Gasteiger partial charge in [0.25, 0.3) is 0 Å². The molecule has 7 heteroatoms. The smallest absolute Gasteiger partial charge is 0.165 e. The first-order valence-corrected chi connectivity index (χ1v) is 12.6. The molecule has 0 radical (unpaired) electrons. The van der Waals surface area contributed by atoms with Crippen LogP contribution in [-0.2, 0) is 9.53 Å². The molecule has 31 heavy (non-hydrogen) atoms. The van der Waals surface area contributed by atoms with Crippen LogP contribution in [0.3, 0.4) is 0 Å². The van der Waals surface area contributed by atoms with Crippen LogP contribution < -0.4 is 4.74 Å². The number of nitrogens with one attached hydrogen (secondary N) is 1. The zero-order chi connectivity index (χ0) is 22.2. The van der Waals surface area contributed by atoms with Crippen LogP contribution in [0, 0.1) is 17.2 Å². The Bertz CT molecular complexity index is 776. The molecule has 1 saturated heterocycles. The number of thioether (sulfide) groups is 1. The zero-order valence-corrected chi connectivity index (χ0v) is 19.6. The molecule has 0 amide bonds. The van der Waals surface area contributed by atoms with Crippen LogP contribution in [0.1, 0.15) is 45.4 Å². The van der Waals surface area contributed by atoms with Gasteiger partial charge in [-0.05, 0) is 86.4 Å². The lowest BCUT2D eigenvalue weighted by Crippen LogP contribution is -2.34. The van der Waals surface area contributed by atoms with Crippen molar-refractivity contribution < 1.29 is 19.4 Å². The first-order chi connectivity index (χ1) is 15.0. The predicted molar refractivity (Wildman–Crippen MR) is 127 cm³/mol. The lowest BCUT2D eigenvalue weighted by molar-refractivity contribution is -0.119. The molecule has 4 unspecified atom stereocenters. The molecule has 4 atom stereocenters. The summed E-state index contributed by atoms with van der Waals surface area (Å²) in [5.41, 5.74) is 0.403. The van der Waals surface area contributed by atoms with E-state index in [-0.39, 0.29) is 30.2 Å². The topological polar surface area (TPSA) is 79.6 Å². The average Bonchev–Trinajstić information content (AvgIpc) is 2.76. The van der Waals surface area contributed by atoms with Crippen molar-refractivity contribution >= 4 is 35.4 Å². The highest BCUT2D eigenvalue weighted by molar-refractivity contribution is 7.99.